The molecule has 0 saturated carbocycles. The van der Waals surface area contributed by atoms with E-state index in [4.69, 9.17) is 30.5 Å². The zero-order valence-corrected chi connectivity index (χ0v) is 21.4. The lowest BCUT2D eigenvalue weighted by Crippen LogP contribution is -2.19. The fourth-order valence-corrected chi connectivity index (χ4v) is 3.76. The number of rotatable bonds is 12. The van der Waals surface area contributed by atoms with Crippen LogP contribution in [0.5, 0.6) is 11.5 Å². The molecule has 36 heavy (non-hydrogen) atoms. The highest BCUT2D eigenvalue weighted by molar-refractivity contribution is 6.30. The number of methoxy groups -OCH3 is 3. The van der Waals surface area contributed by atoms with Gasteiger partial charge in [0.1, 0.15) is 18.1 Å². The number of hydrogen-bond acceptors (Lipinski definition) is 7. The van der Waals surface area contributed by atoms with Crippen LogP contribution < -0.4 is 14.8 Å². The molecule has 0 amide bonds. The molecule has 0 aliphatic carbocycles. The number of carbonyl (C=O) groups is 2. The summed E-state index contributed by atoms with van der Waals surface area (Å²) in [5.74, 6) is 0.759. The van der Waals surface area contributed by atoms with Gasteiger partial charge in [0.15, 0.2) is 0 Å². The Morgan fingerprint density at radius 1 is 0.833 bits per heavy atom. The molecule has 0 spiro atoms. The molecule has 0 aliphatic rings. The maximum absolute atomic E-state index is 12.1. The molecule has 0 heterocycles. The Bertz CT molecular complexity index is 1180. The van der Waals surface area contributed by atoms with Crippen LogP contribution >= 0.6 is 11.6 Å². The van der Waals surface area contributed by atoms with Gasteiger partial charge >= 0.3 is 11.9 Å². The van der Waals surface area contributed by atoms with Crippen molar-refractivity contribution in [2.45, 2.75) is 26.0 Å². The number of ether oxygens (including phenoxy) is 4. The van der Waals surface area contributed by atoms with Crippen molar-refractivity contribution in [2.75, 3.05) is 27.9 Å². The van der Waals surface area contributed by atoms with Gasteiger partial charge < -0.3 is 24.3 Å². The minimum absolute atomic E-state index is 0.156. The molecule has 0 unspecified atom stereocenters. The normalized spacial score (nSPS) is 10.6. The first-order valence-corrected chi connectivity index (χ1v) is 11.8. The Balaban J connectivity index is 1.67. The van der Waals surface area contributed by atoms with Crippen molar-refractivity contribution in [3.8, 4) is 22.6 Å². The molecule has 3 rings (SSSR count). The average molecular weight is 512 g/mol. The quantitative estimate of drug-likeness (QED) is 0.272. The maximum atomic E-state index is 12.1. The van der Waals surface area contributed by atoms with Crippen molar-refractivity contribution >= 4 is 23.5 Å². The van der Waals surface area contributed by atoms with Gasteiger partial charge in [0, 0.05) is 23.7 Å². The molecule has 3 aromatic carbocycles. The second-order valence-corrected chi connectivity index (χ2v) is 8.46. The molecule has 0 aliphatic heterocycles. The number of carbonyl (C=O) groups excluding carboxylic acids is 2. The standard InChI is InChI=1S/C28H30ClNO6/c1-33-23-10-7-21(17-30-13-12-27(31)36-18-19-4-8-22(29)9-5-19)24(16-23)25-14-20(15-28(32)35-3)6-11-26(25)34-2/h4-11,14,16,30H,12-13,15,17-18H2,1-3H3. The number of nitrogens with one attached hydrogen (secondary N) is 1. The molecule has 1 N–H and O–H groups in total. The number of benzene rings is 3. The first kappa shape index (κ1) is 27.0. The minimum atomic E-state index is -0.318. The van der Waals surface area contributed by atoms with Gasteiger partial charge in [-0.2, -0.15) is 0 Å². The largest absolute Gasteiger partial charge is 0.497 e. The van der Waals surface area contributed by atoms with Crippen molar-refractivity contribution < 1.29 is 28.5 Å². The summed E-state index contributed by atoms with van der Waals surface area (Å²) in [4.78, 5) is 23.9. The molecule has 0 fully saturated rings. The van der Waals surface area contributed by atoms with Gasteiger partial charge in [-0.05, 0) is 58.7 Å². The first-order valence-electron chi connectivity index (χ1n) is 11.4. The Kier molecular flexibility index (Phi) is 10.2. The van der Waals surface area contributed by atoms with E-state index in [0.717, 1.165) is 27.8 Å². The van der Waals surface area contributed by atoms with E-state index in [1.807, 2.05) is 48.5 Å². The maximum Gasteiger partial charge on any atom is 0.309 e. The van der Waals surface area contributed by atoms with Gasteiger partial charge in [-0.25, -0.2) is 0 Å². The smallest absolute Gasteiger partial charge is 0.309 e. The molecule has 8 heteroatoms. The van der Waals surface area contributed by atoms with Crippen LogP contribution in [0.15, 0.2) is 60.7 Å². The fraction of sp³-hybridized carbons (Fsp3) is 0.286. The molecule has 0 bridgehead atoms. The average Bonchev–Trinajstić information content (AvgIpc) is 2.90. The Hall–Kier alpha value is -3.55. The molecular formula is C28H30ClNO6. The Morgan fingerprint density at radius 2 is 1.58 bits per heavy atom. The first-order chi connectivity index (χ1) is 17.4. The lowest BCUT2D eigenvalue weighted by molar-refractivity contribution is -0.145. The summed E-state index contributed by atoms with van der Waals surface area (Å²) in [5, 5.41) is 3.94. The molecule has 0 radical (unpaired) electrons. The summed E-state index contributed by atoms with van der Waals surface area (Å²) in [6.07, 6.45) is 0.389. The van der Waals surface area contributed by atoms with Crippen molar-refractivity contribution in [2.24, 2.45) is 0 Å². The van der Waals surface area contributed by atoms with Gasteiger partial charge in [0.25, 0.3) is 0 Å². The summed E-state index contributed by atoms with van der Waals surface area (Å²) in [6.45, 7) is 1.17. The van der Waals surface area contributed by atoms with E-state index in [9.17, 15) is 9.59 Å². The summed E-state index contributed by atoms with van der Waals surface area (Å²) in [5.41, 5.74) is 4.40. The highest BCUT2D eigenvalue weighted by Gasteiger charge is 2.15. The molecule has 190 valence electrons. The summed E-state index contributed by atoms with van der Waals surface area (Å²) in [6, 6.07) is 18.5. The van der Waals surface area contributed by atoms with Crippen LogP contribution in [-0.2, 0) is 38.6 Å². The van der Waals surface area contributed by atoms with E-state index in [-0.39, 0.29) is 31.4 Å². The van der Waals surface area contributed by atoms with Gasteiger partial charge in [0.2, 0.25) is 0 Å². The van der Waals surface area contributed by atoms with E-state index in [1.165, 1.54) is 7.11 Å². The van der Waals surface area contributed by atoms with Crippen molar-refractivity contribution in [1.82, 2.24) is 5.32 Å². The van der Waals surface area contributed by atoms with Crippen molar-refractivity contribution in [3.63, 3.8) is 0 Å². The molecular weight excluding hydrogens is 482 g/mol. The monoisotopic (exact) mass is 511 g/mol. The SMILES string of the molecule is COC(=O)Cc1ccc(OC)c(-c2cc(OC)ccc2CNCCC(=O)OCc2ccc(Cl)cc2)c1. The van der Waals surface area contributed by atoms with Crippen LogP contribution in [0.2, 0.25) is 5.02 Å². The van der Waals surface area contributed by atoms with Crippen molar-refractivity contribution in [1.29, 1.82) is 0 Å². The molecule has 0 saturated heterocycles. The van der Waals surface area contributed by atoms with E-state index in [2.05, 4.69) is 5.32 Å². The van der Waals surface area contributed by atoms with Crippen LogP contribution in [0.1, 0.15) is 23.1 Å². The lowest BCUT2D eigenvalue weighted by Gasteiger charge is -2.16. The zero-order chi connectivity index (χ0) is 25.9. The van der Waals surface area contributed by atoms with Crippen LogP contribution in [0.25, 0.3) is 11.1 Å². The van der Waals surface area contributed by atoms with E-state index in [0.29, 0.717) is 29.6 Å². The predicted octanol–water partition coefficient (Wildman–Crippen LogP) is 4.96. The van der Waals surface area contributed by atoms with E-state index < -0.39 is 0 Å². The molecule has 3 aromatic rings. The topological polar surface area (TPSA) is 83.1 Å². The Morgan fingerprint density at radius 3 is 2.28 bits per heavy atom. The van der Waals surface area contributed by atoms with Crippen LogP contribution in [-0.4, -0.2) is 39.8 Å². The second-order valence-electron chi connectivity index (χ2n) is 8.02. The Labute approximate surface area is 216 Å². The minimum Gasteiger partial charge on any atom is -0.497 e. The number of hydrogen-bond donors (Lipinski definition) is 1. The highest BCUT2D eigenvalue weighted by atomic mass is 35.5. The highest BCUT2D eigenvalue weighted by Crippen LogP contribution is 2.35. The third-order valence-electron chi connectivity index (χ3n) is 5.58. The van der Waals surface area contributed by atoms with E-state index >= 15 is 0 Å². The van der Waals surface area contributed by atoms with Crippen LogP contribution in [0.4, 0.5) is 0 Å². The predicted molar refractivity (Wildman–Crippen MR) is 138 cm³/mol. The van der Waals surface area contributed by atoms with Gasteiger partial charge in [-0.3, -0.25) is 9.59 Å². The second kappa shape index (κ2) is 13.5. The van der Waals surface area contributed by atoms with Crippen LogP contribution in [0.3, 0.4) is 0 Å². The van der Waals surface area contributed by atoms with Gasteiger partial charge in [-0.1, -0.05) is 35.9 Å². The van der Waals surface area contributed by atoms with Crippen molar-refractivity contribution in [3.05, 3.63) is 82.4 Å². The summed E-state index contributed by atoms with van der Waals surface area (Å²) < 4.78 is 21.2. The summed E-state index contributed by atoms with van der Waals surface area (Å²) >= 11 is 5.88. The van der Waals surface area contributed by atoms with Gasteiger partial charge in [-0.15, -0.1) is 0 Å². The van der Waals surface area contributed by atoms with Gasteiger partial charge in [0.05, 0.1) is 34.2 Å². The number of esters is 2. The third kappa shape index (κ3) is 7.73. The third-order valence-corrected chi connectivity index (χ3v) is 5.83. The molecule has 7 nitrogen and oxygen atoms in total. The molecule has 0 aromatic heterocycles. The lowest BCUT2D eigenvalue weighted by atomic mass is 9.95. The number of halogens is 1. The molecule has 0 atom stereocenters. The summed E-state index contributed by atoms with van der Waals surface area (Å²) in [7, 11) is 4.58. The van der Waals surface area contributed by atoms with E-state index in [1.54, 1.807) is 26.4 Å². The fourth-order valence-electron chi connectivity index (χ4n) is 3.63. The van der Waals surface area contributed by atoms with Crippen LogP contribution in [0, 0.1) is 0 Å². The zero-order valence-electron chi connectivity index (χ0n) is 20.6.